The van der Waals surface area contributed by atoms with E-state index in [-0.39, 0.29) is 0 Å². The van der Waals surface area contributed by atoms with Gasteiger partial charge in [0, 0.05) is 16.5 Å². The van der Waals surface area contributed by atoms with Crippen molar-refractivity contribution in [1.29, 1.82) is 0 Å². The first-order chi connectivity index (χ1) is 3.80. The summed E-state index contributed by atoms with van der Waals surface area (Å²) in [6, 6.07) is 0. The van der Waals surface area contributed by atoms with Gasteiger partial charge in [0.25, 0.3) is 0 Å². The van der Waals surface area contributed by atoms with Crippen LogP contribution in [0.5, 0.6) is 0 Å². The van der Waals surface area contributed by atoms with Gasteiger partial charge in [0.2, 0.25) is 0 Å². The Kier molecular flexibility index (Phi) is 1.13. The fourth-order valence-electron chi connectivity index (χ4n) is 0.347. The van der Waals surface area contributed by atoms with Crippen LogP contribution in [0.2, 0.25) is 0 Å². The molecule has 43 valence electrons. The Morgan fingerprint density at radius 2 is 2.62 bits per heavy atom. The van der Waals surface area contributed by atoms with Crippen molar-refractivity contribution in [3.8, 4) is 0 Å². The Morgan fingerprint density at radius 3 is 2.88 bits per heavy atom. The summed E-state index contributed by atoms with van der Waals surface area (Å²) in [4.78, 5) is 13.5. The predicted octanol–water partition coefficient (Wildman–Crippen LogP) is -0.348. The lowest BCUT2D eigenvalue weighted by molar-refractivity contribution is -0.523. The van der Waals surface area contributed by atoms with Gasteiger partial charge in [-0.2, -0.15) is 0 Å². The molecule has 0 aromatic carbocycles. The molecule has 5 heteroatoms. The molecule has 1 heterocycles. The highest BCUT2D eigenvalue weighted by Gasteiger charge is 2.22. The molecule has 1 unspecified atom stereocenters. The normalized spacial score (nSPS) is 25.2. The minimum Gasteiger partial charge on any atom is -0.389 e. The van der Waals surface area contributed by atoms with Gasteiger partial charge in [-0.15, -0.1) is 0 Å². The second-order valence-corrected chi connectivity index (χ2v) is 1.24. The van der Waals surface area contributed by atoms with E-state index in [4.69, 9.17) is 0 Å². The molecule has 0 aliphatic carbocycles. The number of rotatable bonds is 1. The molecule has 5 nitrogen and oxygen atoms in total. The first-order valence-electron chi connectivity index (χ1n) is 1.97. The Balaban J connectivity index is 2.48. The van der Waals surface area contributed by atoms with Crippen molar-refractivity contribution in [3.63, 3.8) is 0 Å². The van der Waals surface area contributed by atoms with Crippen LogP contribution in [0.4, 0.5) is 0 Å². The molecule has 1 aliphatic rings. The Morgan fingerprint density at radius 1 is 1.88 bits per heavy atom. The summed E-state index contributed by atoms with van der Waals surface area (Å²) in [5, 5.41) is 9.78. The van der Waals surface area contributed by atoms with Crippen LogP contribution >= 0.6 is 0 Å². The highest BCUT2D eigenvalue weighted by Crippen LogP contribution is 1.97. The second-order valence-electron chi connectivity index (χ2n) is 1.24. The zero-order valence-electron chi connectivity index (χ0n) is 3.85. The minimum atomic E-state index is -0.991. The average Bonchev–Trinajstić information content (AvgIpc) is 2.12. The van der Waals surface area contributed by atoms with Crippen molar-refractivity contribution in [2.75, 3.05) is 0 Å². The smallest absolute Gasteiger partial charge is 0.337 e. The minimum absolute atomic E-state index is 0.538. The van der Waals surface area contributed by atoms with Crippen molar-refractivity contribution in [2.45, 2.75) is 6.17 Å². The van der Waals surface area contributed by atoms with Gasteiger partial charge >= 0.3 is 6.17 Å². The van der Waals surface area contributed by atoms with E-state index >= 15 is 0 Å². The van der Waals surface area contributed by atoms with Crippen molar-refractivity contribution < 1.29 is 9.76 Å². The molecule has 0 saturated carbocycles. The fraction of sp³-hybridized carbons (Fsp3) is 0.333. The maximum atomic E-state index is 9.78. The summed E-state index contributed by atoms with van der Waals surface area (Å²) in [6.07, 6.45) is 1.46. The first-order valence-corrected chi connectivity index (χ1v) is 1.97. The Labute approximate surface area is 45.0 Å². The standard InChI is InChI=1S/C3H3N2O3/c6-5(7)3-1-2-8-4-3/h1-3H. The number of hydroxylamine groups is 1. The van der Waals surface area contributed by atoms with Gasteiger partial charge in [0.05, 0.1) is 0 Å². The fourth-order valence-corrected chi connectivity index (χ4v) is 0.347. The van der Waals surface area contributed by atoms with Crippen molar-refractivity contribution >= 4 is 0 Å². The third-order valence-corrected chi connectivity index (χ3v) is 0.696. The van der Waals surface area contributed by atoms with E-state index in [9.17, 15) is 10.1 Å². The third-order valence-electron chi connectivity index (χ3n) is 0.696. The van der Waals surface area contributed by atoms with Gasteiger partial charge in [-0.05, 0) is 0 Å². The highest BCUT2D eigenvalue weighted by molar-refractivity contribution is 4.83. The van der Waals surface area contributed by atoms with Crippen molar-refractivity contribution in [3.05, 3.63) is 22.5 Å². The van der Waals surface area contributed by atoms with Gasteiger partial charge in [-0.25, -0.2) is 0 Å². The summed E-state index contributed by atoms with van der Waals surface area (Å²) >= 11 is 0. The SMILES string of the molecule is O=[N+]([O-])C1C=CO[N]1. The molecular formula is C3H3N2O3. The number of nitro groups is 1. The number of hydrogen-bond donors (Lipinski definition) is 0. The van der Waals surface area contributed by atoms with E-state index in [1.165, 1.54) is 12.3 Å². The summed E-state index contributed by atoms with van der Waals surface area (Å²) in [5.74, 6) is 0. The van der Waals surface area contributed by atoms with Crippen LogP contribution in [-0.4, -0.2) is 11.1 Å². The summed E-state index contributed by atoms with van der Waals surface area (Å²) in [5.41, 5.74) is 3.12. The van der Waals surface area contributed by atoms with E-state index < -0.39 is 11.1 Å². The zero-order chi connectivity index (χ0) is 5.98. The maximum absolute atomic E-state index is 9.78. The molecular weight excluding hydrogens is 112 g/mol. The summed E-state index contributed by atoms with van der Waals surface area (Å²) in [7, 11) is 0. The van der Waals surface area contributed by atoms with Crippen LogP contribution in [-0.2, 0) is 4.84 Å². The van der Waals surface area contributed by atoms with Gasteiger partial charge in [-0.1, -0.05) is 0 Å². The van der Waals surface area contributed by atoms with Gasteiger partial charge in [0.1, 0.15) is 6.26 Å². The van der Waals surface area contributed by atoms with Crippen LogP contribution in [0.25, 0.3) is 0 Å². The van der Waals surface area contributed by atoms with Crippen molar-refractivity contribution in [1.82, 2.24) is 5.48 Å². The topological polar surface area (TPSA) is 66.5 Å². The molecule has 0 aromatic rings. The molecule has 1 radical (unpaired) electrons. The molecule has 0 aromatic heterocycles. The Bertz CT molecular complexity index is 132. The zero-order valence-corrected chi connectivity index (χ0v) is 3.85. The first kappa shape index (κ1) is 5.04. The number of hydrogen-bond acceptors (Lipinski definition) is 3. The molecule has 0 fully saturated rings. The van der Waals surface area contributed by atoms with E-state index in [1.807, 2.05) is 0 Å². The van der Waals surface area contributed by atoms with Gasteiger partial charge < -0.3 is 4.84 Å². The van der Waals surface area contributed by atoms with E-state index in [2.05, 4.69) is 10.3 Å². The quantitative estimate of drug-likeness (QED) is 0.346. The van der Waals surface area contributed by atoms with Crippen molar-refractivity contribution in [2.24, 2.45) is 0 Å². The largest absolute Gasteiger partial charge is 0.389 e. The molecule has 1 rings (SSSR count). The molecule has 0 spiro atoms. The lowest BCUT2D eigenvalue weighted by Gasteiger charge is -1.91. The van der Waals surface area contributed by atoms with Crippen LogP contribution < -0.4 is 5.48 Å². The monoisotopic (exact) mass is 115 g/mol. The maximum Gasteiger partial charge on any atom is 0.337 e. The molecule has 8 heavy (non-hydrogen) atoms. The van der Waals surface area contributed by atoms with E-state index in [1.54, 1.807) is 0 Å². The van der Waals surface area contributed by atoms with Gasteiger partial charge in [0.15, 0.2) is 0 Å². The summed E-state index contributed by atoms with van der Waals surface area (Å²) < 4.78 is 0. The third kappa shape index (κ3) is 0.760. The lowest BCUT2D eigenvalue weighted by atomic mass is 10.5. The van der Waals surface area contributed by atoms with Crippen LogP contribution in [0.15, 0.2) is 12.3 Å². The molecule has 0 amide bonds. The molecule has 0 N–H and O–H groups in total. The van der Waals surface area contributed by atoms with Gasteiger partial charge in [-0.3, -0.25) is 10.1 Å². The lowest BCUT2D eigenvalue weighted by Crippen LogP contribution is -2.22. The second kappa shape index (κ2) is 1.79. The van der Waals surface area contributed by atoms with Crippen LogP contribution in [0.1, 0.15) is 0 Å². The van der Waals surface area contributed by atoms with E-state index in [0.29, 0.717) is 0 Å². The average molecular weight is 115 g/mol. The van der Waals surface area contributed by atoms with Crippen LogP contribution in [0, 0.1) is 10.1 Å². The Hall–Kier alpha value is -1.10. The predicted molar refractivity (Wildman–Crippen MR) is 23.1 cm³/mol. The molecule has 1 aliphatic heterocycles. The molecule has 0 saturated heterocycles. The molecule has 1 atom stereocenters. The highest BCUT2D eigenvalue weighted by atomic mass is 16.7. The summed E-state index contributed by atoms with van der Waals surface area (Å²) in [6.45, 7) is 0. The van der Waals surface area contributed by atoms with Crippen LogP contribution in [0.3, 0.4) is 0 Å². The molecule has 0 bridgehead atoms. The van der Waals surface area contributed by atoms with E-state index in [0.717, 1.165) is 0 Å². The number of nitrogens with zero attached hydrogens (tertiary/aromatic N) is 2.